The number of carbonyl (C=O) groups is 1. The van der Waals surface area contributed by atoms with Gasteiger partial charge in [0.05, 0.1) is 24.9 Å². The van der Waals surface area contributed by atoms with Crippen molar-refractivity contribution in [1.29, 1.82) is 0 Å². The second-order valence-corrected chi connectivity index (χ2v) is 5.64. The molecule has 2 N–H and O–H groups in total. The number of rotatable bonds is 4. The molecule has 7 nitrogen and oxygen atoms in total. The zero-order chi connectivity index (χ0) is 18.8. The number of hydrogen-bond acceptors (Lipinski definition) is 6. The molecule has 26 heavy (non-hydrogen) atoms. The van der Waals surface area contributed by atoms with E-state index in [4.69, 9.17) is 15.2 Å². The van der Waals surface area contributed by atoms with Crippen molar-refractivity contribution in [2.75, 3.05) is 19.5 Å². The number of para-hydroxylation sites is 1. The van der Waals surface area contributed by atoms with E-state index in [2.05, 4.69) is 4.98 Å². The average Bonchev–Trinajstić information content (AvgIpc) is 2.66. The monoisotopic (exact) mass is 353 g/mol. The molecule has 0 aliphatic heterocycles. The first kappa shape index (κ1) is 17.5. The lowest BCUT2D eigenvalue weighted by Gasteiger charge is -2.16. The molecule has 2 heterocycles. The summed E-state index contributed by atoms with van der Waals surface area (Å²) < 4.78 is 11.7. The number of aromatic nitrogens is 2. The number of nitrogen functional groups attached to an aromatic ring is 1. The Morgan fingerprint density at radius 1 is 1.23 bits per heavy atom. The van der Waals surface area contributed by atoms with Gasteiger partial charge in [-0.2, -0.15) is 0 Å². The van der Waals surface area contributed by atoms with Crippen LogP contribution in [0.1, 0.15) is 17.3 Å². The molecule has 0 aliphatic carbocycles. The van der Waals surface area contributed by atoms with Gasteiger partial charge in [0.2, 0.25) is 5.88 Å². The third-order valence-corrected chi connectivity index (χ3v) is 4.18. The zero-order valence-corrected chi connectivity index (χ0v) is 14.8. The second kappa shape index (κ2) is 6.87. The highest BCUT2D eigenvalue weighted by Gasteiger charge is 2.23. The summed E-state index contributed by atoms with van der Waals surface area (Å²) in [4.78, 5) is 29.2. The number of hydrogen-bond donors (Lipinski definition) is 1. The first-order valence-electron chi connectivity index (χ1n) is 8.08. The number of carbonyl (C=O) groups excluding carboxylic acids is 1. The fourth-order valence-electron chi connectivity index (χ4n) is 3.02. The standard InChI is InChI=1S/C19H19N3O4/c1-4-26-19(24)14-15(20)13-8-5-7-11(16(13)22(2)18(14)23)12-9-6-10-21-17(12)25-3/h5-10H,4,20H2,1-3H3. The van der Waals surface area contributed by atoms with Crippen molar-refractivity contribution in [2.24, 2.45) is 7.05 Å². The fraction of sp³-hybridized carbons (Fsp3) is 0.211. The first-order valence-corrected chi connectivity index (χ1v) is 8.08. The van der Waals surface area contributed by atoms with Gasteiger partial charge in [-0.25, -0.2) is 9.78 Å². The number of benzene rings is 1. The molecule has 0 spiro atoms. The predicted octanol–water partition coefficient (Wildman–Crippen LogP) is 2.37. The number of nitrogens with two attached hydrogens (primary N) is 1. The lowest BCUT2D eigenvalue weighted by Crippen LogP contribution is -2.28. The largest absolute Gasteiger partial charge is 0.481 e. The van der Waals surface area contributed by atoms with Crippen LogP contribution >= 0.6 is 0 Å². The topological polar surface area (TPSA) is 96.4 Å². The van der Waals surface area contributed by atoms with Crippen LogP contribution in [0.15, 0.2) is 41.3 Å². The molecule has 7 heteroatoms. The molecule has 3 rings (SSSR count). The Morgan fingerprint density at radius 3 is 2.65 bits per heavy atom. The van der Waals surface area contributed by atoms with Crippen LogP contribution in [0.2, 0.25) is 0 Å². The third-order valence-electron chi connectivity index (χ3n) is 4.18. The molecule has 0 bridgehead atoms. The molecular formula is C19H19N3O4. The van der Waals surface area contributed by atoms with Gasteiger partial charge in [0, 0.05) is 29.8 Å². The van der Waals surface area contributed by atoms with Crippen molar-refractivity contribution in [3.63, 3.8) is 0 Å². The van der Waals surface area contributed by atoms with Gasteiger partial charge in [-0.1, -0.05) is 18.2 Å². The van der Waals surface area contributed by atoms with Crippen molar-refractivity contribution in [1.82, 2.24) is 9.55 Å². The summed E-state index contributed by atoms with van der Waals surface area (Å²) >= 11 is 0. The lowest BCUT2D eigenvalue weighted by molar-refractivity contribution is 0.0525. The molecular weight excluding hydrogens is 334 g/mol. The molecule has 3 aromatic rings. The van der Waals surface area contributed by atoms with Gasteiger partial charge in [-0.15, -0.1) is 0 Å². The normalized spacial score (nSPS) is 10.7. The Hall–Kier alpha value is -3.35. The van der Waals surface area contributed by atoms with Crippen molar-refractivity contribution >= 4 is 22.6 Å². The van der Waals surface area contributed by atoms with Crippen LogP contribution in [0, 0.1) is 0 Å². The Bertz CT molecular complexity index is 1060. The highest BCUT2D eigenvalue weighted by Crippen LogP contribution is 2.35. The van der Waals surface area contributed by atoms with E-state index < -0.39 is 11.5 Å². The molecule has 0 radical (unpaired) electrons. The van der Waals surface area contributed by atoms with Crippen LogP contribution in [0.5, 0.6) is 5.88 Å². The molecule has 0 saturated heterocycles. The van der Waals surface area contributed by atoms with Crippen molar-refractivity contribution in [2.45, 2.75) is 6.92 Å². The number of aryl methyl sites for hydroxylation is 1. The number of fused-ring (bicyclic) bond motifs is 1. The summed E-state index contributed by atoms with van der Waals surface area (Å²) in [5, 5.41) is 0.582. The average molecular weight is 353 g/mol. The summed E-state index contributed by atoms with van der Waals surface area (Å²) in [6.45, 7) is 1.83. The van der Waals surface area contributed by atoms with Crippen LogP contribution in [-0.2, 0) is 11.8 Å². The third kappa shape index (κ3) is 2.67. The second-order valence-electron chi connectivity index (χ2n) is 5.64. The summed E-state index contributed by atoms with van der Waals surface area (Å²) in [6.07, 6.45) is 1.62. The van der Waals surface area contributed by atoms with E-state index >= 15 is 0 Å². The number of esters is 1. The van der Waals surface area contributed by atoms with E-state index in [0.717, 1.165) is 11.1 Å². The van der Waals surface area contributed by atoms with Gasteiger partial charge in [0.1, 0.15) is 5.56 Å². The summed E-state index contributed by atoms with van der Waals surface area (Å²) in [6, 6.07) is 9.05. The van der Waals surface area contributed by atoms with Crippen LogP contribution in [-0.4, -0.2) is 29.2 Å². The van der Waals surface area contributed by atoms with Crippen molar-refractivity contribution < 1.29 is 14.3 Å². The minimum absolute atomic E-state index is 0.103. The quantitative estimate of drug-likeness (QED) is 0.723. The molecule has 2 aromatic heterocycles. The summed E-state index contributed by atoms with van der Waals surface area (Å²) in [7, 11) is 3.13. The SMILES string of the molecule is CCOC(=O)c1c(N)c2cccc(-c3cccnc3OC)c2n(C)c1=O. The Kier molecular flexibility index (Phi) is 4.62. The van der Waals surface area contributed by atoms with Crippen molar-refractivity contribution in [3.05, 3.63) is 52.4 Å². The van der Waals surface area contributed by atoms with Crippen LogP contribution < -0.4 is 16.0 Å². The van der Waals surface area contributed by atoms with Gasteiger partial charge in [0.25, 0.3) is 5.56 Å². The van der Waals surface area contributed by atoms with Crippen LogP contribution in [0.25, 0.3) is 22.0 Å². The maximum atomic E-state index is 12.8. The maximum absolute atomic E-state index is 12.8. The maximum Gasteiger partial charge on any atom is 0.345 e. The van der Waals surface area contributed by atoms with E-state index in [1.807, 2.05) is 12.1 Å². The molecule has 0 atom stereocenters. The predicted molar refractivity (Wildman–Crippen MR) is 99.3 cm³/mol. The zero-order valence-electron chi connectivity index (χ0n) is 14.8. The van der Waals surface area contributed by atoms with E-state index in [1.165, 1.54) is 11.7 Å². The minimum Gasteiger partial charge on any atom is -0.481 e. The van der Waals surface area contributed by atoms with Gasteiger partial charge in [0.15, 0.2) is 0 Å². The summed E-state index contributed by atoms with van der Waals surface area (Å²) in [5.41, 5.74) is 7.66. The van der Waals surface area contributed by atoms with Gasteiger partial charge in [-0.3, -0.25) is 4.79 Å². The molecule has 0 unspecified atom stereocenters. The molecule has 0 amide bonds. The van der Waals surface area contributed by atoms with Crippen LogP contribution in [0.4, 0.5) is 5.69 Å². The van der Waals surface area contributed by atoms with E-state index in [9.17, 15) is 9.59 Å². The lowest BCUT2D eigenvalue weighted by atomic mass is 10.00. The minimum atomic E-state index is -0.725. The Balaban J connectivity index is 2.40. The number of methoxy groups -OCH3 is 1. The smallest absolute Gasteiger partial charge is 0.345 e. The van der Waals surface area contributed by atoms with Gasteiger partial charge in [-0.05, 0) is 19.1 Å². The van der Waals surface area contributed by atoms with Crippen molar-refractivity contribution in [3.8, 4) is 17.0 Å². The van der Waals surface area contributed by atoms with E-state index in [-0.39, 0.29) is 17.9 Å². The number of pyridine rings is 2. The molecule has 134 valence electrons. The highest BCUT2D eigenvalue weighted by molar-refractivity contribution is 6.08. The summed E-state index contributed by atoms with van der Waals surface area (Å²) in [5.74, 6) is -0.294. The molecule has 0 fully saturated rings. The number of ether oxygens (including phenoxy) is 2. The van der Waals surface area contributed by atoms with Gasteiger partial charge >= 0.3 is 5.97 Å². The Labute approximate surface area is 150 Å². The fourth-order valence-corrected chi connectivity index (χ4v) is 3.02. The number of anilines is 1. The number of nitrogens with zero attached hydrogens (tertiary/aromatic N) is 2. The first-order chi connectivity index (χ1) is 12.5. The van der Waals surface area contributed by atoms with Gasteiger partial charge < -0.3 is 19.8 Å². The highest BCUT2D eigenvalue weighted by atomic mass is 16.5. The van der Waals surface area contributed by atoms with E-state index in [1.54, 1.807) is 38.4 Å². The van der Waals surface area contributed by atoms with E-state index in [0.29, 0.717) is 16.8 Å². The molecule has 0 saturated carbocycles. The molecule has 1 aromatic carbocycles. The van der Waals surface area contributed by atoms with Crippen LogP contribution in [0.3, 0.4) is 0 Å². The Morgan fingerprint density at radius 2 is 1.96 bits per heavy atom. The molecule has 0 aliphatic rings.